The minimum atomic E-state index is -0.106. The molecule has 1 N–H and O–H groups in total. The Bertz CT molecular complexity index is 700. The van der Waals surface area contributed by atoms with Gasteiger partial charge in [-0.15, -0.1) is 0 Å². The highest BCUT2D eigenvalue weighted by Crippen LogP contribution is 2.35. The van der Waals surface area contributed by atoms with Crippen LogP contribution in [0.4, 0.5) is 0 Å². The molecule has 0 spiro atoms. The van der Waals surface area contributed by atoms with E-state index in [1.54, 1.807) is 0 Å². The third kappa shape index (κ3) is 2.74. The smallest absolute Gasteiger partial charge is 0.251 e. The second kappa shape index (κ2) is 5.77. The van der Waals surface area contributed by atoms with Crippen molar-refractivity contribution in [2.24, 2.45) is 0 Å². The third-order valence-electron chi connectivity index (χ3n) is 3.43. The average Bonchev–Trinajstić information content (AvgIpc) is 2.96. The normalized spacial score (nSPS) is 12.3. The topological polar surface area (TPSA) is 47.6 Å². The van der Waals surface area contributed by atoms with Gasteiger partial charge in [0, 0.05) is 22.1 Å². The Morgan fingerprint density at radius 2 is 2.05 bits per heavy atom. The first-order valence-corrected chi connectivity index (χ1v) is 7.37. The molecule has 1 aliphatic heterocycles. The molecule has 0 aromatic heterocycles. The van der Waals surface area contributed by atoms with Crippen LogP contribution in [0.5, 0.6) is 11.5 Å². The lowest BCUT2D eigenvalue weighted by atomic mass is 10.1. The summed E-state index contributed by atoms with van der Waals surface area (Å²) in [6.45, 7) is 2.54. The lowest BCUT2D eigenvalue weighted by Crippen LogP contribution is -2.23. The monoisotopic (exact) mass is 347 g/mol. The number of hydrogen-bond donors (Lipinski definition) is 1. The number of fused-ring (bicyclic) bond motifs is 1. The summed E-state index contributed by atoms with van der Waals surface area (Å²) in [4.78, 5) is 12.3. The van der Waals surface area contributed by atoms with Crippen molar-refractivity contribution in [2.45, 2.75) is 13.5 Å². The summed E-state index contributed by atoms with van der Waals surface area (Å²) in [5, 5.41) is 2.92. The van der Waals surface area contributed by atoms with Crippen LogP contribution in [-0.4, -0.2) is 12.7 Å². The molecule has 0 unspecified atom stereocenters. The van der Waals surface area contributed by atoms with Crippen molar-refractivity contribution in [1.29, 1.82) is 0 Å². The number of ether oxygens (including phenoxy) is 2. The molecule has 3 rings (SSSR count). The first-order valence-electron chi connectivity index (χ1n) is 6.57. The van der Waals surface area contributed by atoms with Crippen LogP contribution in [0.25, 0.3) is 0 Å². The van der Waals surface area contributed by atoms with Crippen LogP contribution in [-0.2, 0) is 6.54 Å². The van der Waals surface area contributed by atoms with Gasteiger partial charge >= 0.3 is 0 Å². The molecule has 0 aliphatic carbocycles. The van der Waals surface area contributed by atoms with E-state index in [0.717, 1.165) is 21.3 Å². The van der Waals surface area contributed by atoms with Crippen molar-refractivity contribution in [3.8, 4) is 11.5 Å². The Hall–Kier alpha value is -2.01. The largest absolute Gasteiger partial charge is 0.454 e. The van der Waals surface area contributed by atoms with Crippen LogP contribution in [0.3, 0.4) is 0 Å². The number of para-hydroxylation sites is 1. The van der Waals surface area contributed by atoms with Gasteiger partial charge in [0.15, 0.2) is 11.5 Å². The fraction of sp³-hybridized carbons (Fsp3) is 0.188. The third-order valence-corrected chi connectivity index (χ3v) is 4.29. The van der Waals surface area contributed by atoms with Gasteiger partial charge in [-0.25, -0.2) is 0 Å². The molecule has 1 amide bonds. The summed E-state index contributed by atoms with van der Waals surface area (Å²) in [7, 11) is 0. The summed E-state index contributed by atoms with van der Waals surface area (Å²) in [5.41, 5.74) is 2.49. The van der Waals surface area contributed by atoms with Crippen LogP contribution in [0.15, 0.2) is 40.9 Å². The van der Waals surface area contributed by atoms with Crippen molar-refractivity contribution in [2.75, 3.05) is 6.79 Å². The fourth-order valence-corrected chi connectivity index (χ4v) is 2.62. The number of carbonyl (C=O) groups excluding carboxylic acids is 1. The van der Waals surface area contributed by atoms with E-state index >= 15 is 0 Å². The standard InChI is InChI=1S/C16H14BrNO3/c1-10-12(5-3-6-13(10)17)16(19)18-8-11-4-2-7-14-15(11)21-9-20-14/h2-7H,8-9H2,1H3,(H,18,19). The molecule has 108 valence electrons. The highest BCUT2D eigenvalue weighted by atomic mass is 79.9. The van der Waals surface area contributed by atoms with Gasteiger partial charge in [-0.05, 0) is 30.7 Å². The molecule has 0 fully saturated rings. The Morgan fingerprint density at radius 1 is 1.24 bits per heavy atom. The van der Waals surface area contributed by atoms with E-state index in [-0.39, 0.29) is 12.7 Å². The SMILES string of the molecule is Cc1c(Br)cccc1C(=O)NCc1cccc2c1OCO2. The number of halogens is 1. The molecule has 0 bridgehead atoms. The maximum atomic E-state index is 12.3. The van der Waals surface area contributed by atoms with Gasteiger partial charge in [0.25, 0.3) is 5.91 Å². The quantitative estimate of drug-likeness (QED) is 0.925. The molecular weight excluding hydrogens is 334 g/mol. The number of carbonyl (C=O) groups is 1. The van der Waals surface area contributed by atoms with E-state index in [2.05, 4.69) is 21.2 Å². The molecule has 1 aliphatic rings. The zero-order valence-corrected chi connectivity index (χ0v) is 13.1. The predicted molar refractivity (Wildman–Crippen MR) is 82.6 cm³/mol. The Kier molecular flexibility index (Phi) is 3.84. The molecule has 0 saturated carbocycles. The van der Waals surface area contributed by atoms with Crippen molar-refractivity contribution < 1.29 is 14.3 Å². The van der Waals surface area contributed by atoms with Crippen molar-refractivity contribution in [1.82, 2.24) is 5.32 Å². The van der Waals surface area contributed by atoms with Crippen LogP contribution in [0, 0.1) is 6.92 Å². The van der Waals surface area contributed by atoms with Gasteiger partial charge in [-0.1, -0.05) is 34.1 Å². The summed E-state index contributed by atoms with van der Waals surface area (Å²) in [5.74, 6) is 1.33. The van der Waals surface area contributed by atoms with E-state index in [0.29, 0.717) is 17.9 Å². The number of nitrogens with one attached hydrogen (secondary N) is 1. The zero-order chi connectivity index (χ0) is 14.8. The average molecular weight is 348 g/mol. The predicted octanol–water partition coefficient (Wildman–Crippen LogP) is 3.42. The fourth-order valence-electron chi connectivity index (χ4n) is 2.25. The lowest BCUT2D eigenvalue weighted by Gasteiger charge is -2.10. The van der Waals surface area contributed by atoms with Gasteiger partial charge in [0.2, 0.25) is 6.79 Å². The lowest BCUT2D eigenvalue weighted by molar-refractivity contribution is 0.0950. The number of hydrogen-bond acceptors (Lipinski definition) is 3. The second-order valence-electron chi connectivity index (χ2n) is 4.75. The molecular formula is C16H14BrNO3. The first-order chi connectivity index (χ1) is 10.2. The maximum absolute atomic E-state index is 12.3. The van der Waals surface area contributed by atoms with Crippen molar-refractivity contribution >= 4 is 21.8 Å². The van der Waals surface area contributed by atoms with Gasteiger partial charge in [0.05, 0.1) is 0 Å². The molecule has 2 aromatic rings. The van der Waals surface area contributed by atoms with E-state index in [9.17, 15) is 4.79 Å². The van der Waals surface area contributed by atoms with Crippen LogP contribution in [0.1, 0.15) is 21.5 Å². The Labute approximate surface area is 131 Å². The summed E-state index contributed by atoms with van der Waals surface area (Å²) in [6.07, 6.45) is 0. The van der Waals surface area contributed by atoms with Crippen LogP contribution >= 0.6 is 15.9 Å². The number of amides is 1. The van der Waals surface area contributed by atoms with Gasteiger partial charge in [-0.2, -0.15) is 0 Å². The minimum Gasteiger partial charge on any atom is -0.454 e. The molecule has 21 heavy (non-hydrogen) atoms. The van der Waals surface area contributed by atoms with Crippen molar-refractivity contribution in [3.63, 3.8) is 0 Å². The molecule has 2 aromatic carbocycles. The molecule has 0 saturated heterocycles. The summed E-state index contributed by atoms with van der Waals surface area (Å²) < 4.78 is 11.7. The molecule has 0 radical (unpaired) electrons. The molecule has 5 heteroatoms. The minimum absolute atomic E-state index is 0.106. The molecule has 1 heterocycles. The van der Waals surface area contributed by atoms with E-state index < -0.39 is 0 Å². The number of rotatable bonds is 3. The van der Waals surface area contributed by atoms with Gasteiger partial charge in [0.1, 0.15) is 0 Å². The van der Waals surface area contributed by atoms with Crippen LogP contribution < -0.4 is 14.8 Å². The van der Waals surface area contributed by atoms with E-state index in [1.807, 2.05) is 43.3 Å². The van der Waals surface area contributed by atoms with Gasteiger partial charge < -0.3 is 14.8 Å². The summed E-state index contributed by atoms with van der Waals surface area (Å²) in [6, 6.07) is 11.2. The zero-order valence-electron chi connectivity index (χ0n) is 11.5. The van der Waals surface area contributed by atoms with E-state index in [4.69, 9.17) is 9.47 Å². The highest BCUT2D eigenvalue weighted by molar-refractivity contribution is 9.10. The molecule has 4 nitrogen and oxygen atoms in total. The van der Waals surface area contributed by atoms with E-state index in [1.165, 1.54) is 0 Å². The Balaban J connectivity index is 1.75. The van der Waals surface area contributed by atoms with Crippen LogP contribution in [0.2, 0.25) is 0 Å². The highest BCUT2D eigenvalue weighted by Gasteiger charge is 2.18. The van der Waals surface area contributed by atoms with Gasteiger partial charge in [-0.3, -0.25) is 4.79 Å². The first kappa shape index (κ1) is 13.9. The number of benzene rings is 2. The molecule has 0 atom stereocenters. The second-order valence-corrected chi connectivity index (χ2v) is 5.60. The van der Waals surface area contributed by atoms with Crippen molar-refractivity contribution in [3.05, 3.63) is 57.6 Å². The maximum Gasteiger partial charge on any atom is 0.251 e. The Morgan fingerprint density at radius 3 is 2.90 bits per heavy atom. The summed E-state index contributed by atoms with van der Waals surface area (Å²) >= 11 is 3.43.